The number of halogens is 3. The molecule has 0 fully saturated rings. The zero-order valence-corrected chi connectivity index (χ0v) is 11.8. The zero-order chi connectivity index (χ0) is 15.6. The second kappa shape index (κ2) is 5.77. The summed E-state index contributed by atoms with van der Waals surface area (Å²) in [7, 11) is 1.71. The van der Waals surface area contributed by atoms with Gasteiger partial charge in [-0.05, 0) is 36.8 Å². The van der Waals surface area contributed by atoms with E-state index >= 15 is 0 Å². The lowest BCUT2D eigenvalue weighted by molar-refractivity contribution is -0.138. The third-order valence-corrected chi connectivity index (χ3v) is 3.38. The third kappa shape index (κ3) is 3.36. The van der Waals surface area contributed by atoms with Crippen molar-refractivity contribution in [2.45, 2.75) is 19.7 Å². The van der Waals surface area contributed by atoms with Gasteiger partial charge in [0.25, 0.3) is 0 Å². The first-order valence-corrected chi connectivity index (χ1v) is 6.44. The summed E-state index contributed by atoms with van der Waals surface area (Å²) < 4.78 is 39.0. The number of hydrogen-bond acceptors (Lipinski definition) is 2. The van der Waals surface area contributed by atoms with Crippen LogP contribution in [-0.2, 0) is 12.8 Å². The lowest BCUT2D eigenvalue weighted by Crippen LogP contribution is -2.14. The summed E-state index contributed by atoms with van der Waals surface area (Å²) in [4.78, 5) is 1.68. The summed E-state index contributed by atoms with van der Waals surface area (Å²) >= 11 is 0. The van der Waals surface area contributed by atoms with E-state index in [9.17, 15) is 13.2 Å². The first-order valence-electron chi connectivity index (χ1n) is 6.44. The number of benzene rings is 2. The molecule has 112 valence electrons. The quantitative estimate of drug-likeness (QED) is 0.914. The molecule has 2 rings (SSSR count). The maximum Gasteiger partial charge on any atom is 0.416 e. The van der Waals surface area contributed by atoms with Crippen LogP contribution in [0.15, 0.2) is 42.5 Å². The molecule has 2 nitrogen and oxygen atoms in total. The first-order chi connectivity index (χ1) is 9.82. The summed E-state index contributed by atoms with van der Waals surface area (Å²) in [6.07, 6.45) is -4.48. The van der Waals surface area contributed by atoms with Crippen LogP contribution in [0.1, 0.15) is 16.7 Å². The average molecular weight is 295 g/mol. The molecule has 0 spiro atoms. The van der Waals surface area contributed by atoms with Crippen molar-refractivity contribution in [1.29, 1.82) is 0 Å². The Morgan fingerprint density at radius 2 is 1.57 bits per heavy atom. The minimum atomic E-state index is -4.48. The Balaban J connectivity index is 2.42. The smallest absolute Gasteiger partial charge is 0.392 e. The number of nitrogens with zero attached hydrogens (tertiary/aromatic N) is 1. The highest BCUT2D eigenvalue weighted by atomic mass is 19.4. The molecular weight excluding hydrogens is 279 g/mol. The lowest BCUT2D eigenvalue weighted by Gasteiger charge is -2.22. The molecule has 0 radical (unpaired) electrons. The van der Waals surface area contributed by atoms with Crippen molar-refractivity contribution in [2.75, 3.05) is 11.9 Å². The fraction of sp³-hybridized carbons (Fsp3) is 0.250. The van der Waals surface area contributed by atoms with E-state index < -0.39 is 18.3 Å². The number of rotatable bonds is 3. The maximum atomic E-state index is 13.0. The molecule has 1 N–H and O–H groups in total. The molecule has 0 aliphatic rings. The van der Waals surface area contributed by atoms with E-state index in [-0.39, 0.29) is 5.56 Å². The van der Waals surface area contributed by atoms with Gasteiger partial charge in [0, 0.05) is 18.4 Å². The van der Waals surface area contributed by atoms with E-state index in [1.807, 2.05) is 31.2 Å². The summed E-state index contributed by atoms with van der Waals surface area (Å²) in [6.45, 7) is 1.31. The minimum Gasteiger partial charge on any atom is -0.392 e. The SMILES string of the molecule is Cc1ccc(N(C)c2ccc(CO)c(C(F)(F)F)c2)cc1. The van der Waals surface area contributed by atoms with E-state index in [4.69, 9.17) is 5.11 Å². The van der Waals surface area contributed by atoms with Crippen LogP contribution in [0.2, 0.25) is 0 Å². The second-order valence-corrected chi connectivity index (χ2v) is 4.89. The highest BCUT2D eigenvalue weighted by Crippen LogP contribution is 2.35. The van der Waals surface area contributed by atoms with Gasteiger partial charge in [0.1, 0.15) is 0 Å². The van der Waals surface area contributed by atoms with Gasteiger partial charge in [-0.15, -0.1) is 0 Å². The number of alkyl halides is 3. The van der Waals surface area contributed by atoms with E-state index in [0.29, 0.717) is 5.69 Å². The molecule has 0 aliphatic carbocycles. The van der Waals surface area contributed by atoms with Crippen LogP contribution >= 0.6 is 0 Å². The average Bonchev–Trinajstić information content (AvgIpc) is 2.45. The van der Waals surface area contributed by atoms with E-state index in [1.54, 1.807) is 18.0 Å². The summed E-state index contributed by atoms with van der Waals surface area (Å²) in [5.74, 6) is 0. The Morgan fingerprint density at radius 1 is 1.00 bits per heavy atom. The monoisotopic (exact) mass is 295 g/mol. The molecule has 2 aromatic carbocycles. The zero-order valence-electron chi connectivity index (χ0n) is 11.8. The number of aryl methyl sites for hydroxylation is 1. The highest BCUT2D eigenvalue weighted by molar-refractivity contribution is 5.64. The van der Waals surface area contributed by atoms with Crippen LogP contribution < -0.4 is 4.90 Å². The first kappa shape index (κ1) is 15.4. The largest absolute Gasteiger partial charge is 0.416 e. The van der Waals surface area contributed by atoms with E-state index in [1.165, 1.54) is 6.07 Å². The molecule has 0 aromatic heterocycles. The molecule has 0 saturated heterocycles. The Morgan fingerprint density at radius 3 is 2.10 bits per heavy atom. The van der Waals surface area contributed by atoms with Gasteiger partial charge < -0.3 is 10.0 Å². The highest BCUT2D eigenvalue weighted by Gasteiger charge is 2.33. The summed E-state index contributed by atoms with van der Waals surface area (Å²) in [5, 5.41) is 9.05. The van der Waals surface area contributed by atoms with Crippen LogP contribution in [0, 0.1) is 6.92 Å². The number of hydrogen-bond donors (Lipinski definition) is 1. The Labute approximate surface area is 121 Å². The van der Waals surface area contributed by atoms with Gasteiger partial charge in [-0.1, -0.05) is 23.8 Å². The van der Waals surface area contributed by atoms with Crippen LogP contribution in [-0.4, -0.2) is 12.2 Å². The molecule has 0 amide bonds. The molecule has 0 aliphatic heterocycles. The molecule has 0 bridgehead atoms. The van der Waals surface area contributed by atoms with Crippen LogP contribution in [0.3, 0.4) is 0 Å². The predicted octanol–water partition coefficient (Wildman–Crippen LogP) is 4.27. The minimum absolute atomic E-state index is 0.122. The number of anilines is 2. The Kier molecular flexibility index (Phi) is 4.23. The molecule has 5 heteroatoms. The molecule has 0 atom stereocenters. The van der Waals surface area contributed by atoms with Gasteiger partial charge in [0.05, 0.1) is 12.2 Å². The molecular formula is C16H16F3NO. The topological polar surface area (TPSA) is 23.5 Å². The normalized spacial score (nSPS) is 11.5. The van der Waals surface area contributed by atoms with Gasteiger partial charge in [-0.25, -0.2) is 0 Å². The van der Waals surface area contributed by atoms with E-state index in [0.717, 1.165) is 17.3 Å². The molecule has 0 unspecified atom stereocenters. The predicted molar refractivity (Wildman–Crippen MR) is 76.6 cm³/mol. The third-order valence-electron chi connectivity index (χ3n) is 3.38. The van der Waals surface area contributed by atoms with E-state index in [2.05, 4.69) is 0 Å². The summed E-state index contributed by atoms with van der Waals surface area (Å²) in [6, 6.07) is 11.4. The van der Waals surface area contributed by atoms with Crippen molar-refractivity contribution in [1.82, 2.24) is 0 Å². The Hall–Kier alpha value is -2.01. The van der Waals surface area contributed by atoms with Crippen LogP contribution in [0.25, 0.3) is 0 Å². The van der Waals surface area contributed by atoms with Crippen LogP contribution in [0.5, 0.6) is 0 Å². The fourth-order valence-electron chi connectivity index (χ4n) is 2.09. The Bertz CT molecular complexity index is 620. The fourth-order valence-corrected chi connectivity index (χ4v) is 2.09. The molecule has 0 heterocycles. The van der Waals surface area contributed by atoms with Crippen molar-refractivity contribution < 1.29 is 18.3 Å². The van der Waals surface area contributed by atoms with Crippen molar-refractivity contribution in [2.24, 2.45) is 0 Å². The lowest BCUT2D eigenvalue weighted by atomic mass is 10.1. The maximum absolute atomic E-state index is 13.0. The molecule has 0 saturated carbocycles. The van der Waals surface area contributed by atoms with Crippen LogP contribution in [0.4, 0.5) is 24.5 Å². The van der Waals surface area contributed by atoms with Gasteiger partial charge >= 0.3 is 6.18 Å². The number of aliphatic hydroxyl groups is 1. The summed E-state index contributed by atoms with van der Waals surface area (Å²) in [5.41, 5.74) is 1.37. The molecule has 21 heavy (non-hydrogen) atoms. The standard InChI is InChI=1S/C16H16F3NO/c1-11-3-6-13(7-4-11)20(2)14-8-5-12(10-21)15(9-14)16(17,18)19/h3-9,21H,10H2,1-2H3. The van der Waals surface area contributed by atoms with Crippen molar-refractivity contribution in [3.8, 4) is 0 Å². The number of aliphatic hydroxyl groups excluding tert-OH is 1. The van der Waals surface area contributed by atoms with Crippen molar-refractivity contribution in [3.05, 3.63) is 59.2 Å². The van der Waals surface area contributed by atoms with Crippen molar-refractivity contribution >= 4 is 11.4 Å². The molecule has 2 aromatic rings. The van der Waals surface area contributed by atoms with Crippen molar-refractivity contribution in [3.63, 3.8) is 0 Å². The van der Waals surface area contributed by atoms with Gasteiger partial charge in [-0.3, -0.25) is 0 Å². The van der Waals surface area contributed by atoms with Gasteiger partial charge in [-0.2, -0.15) is 13.2 Å². The van der Waals surface area contributed by atoms with Gasteiger partial charge in [0.15, 0.2) is 0 Å². The second-order valence-electron chi connectivity index (χ2n) is 4.89. The van der Waals surface area contributed by atoms with Gasteiger partial charge in [0.2, 0.25) is 0 Å².